The van der Waals surface area contributed by atoms with E-state index in [1.807, 2.05) is 0 Å². The predicted molar refractivity (Wildman–Crippen MR) is 98.6 cm³/mol. The summed E-state index contributed by atoms with van der Waals surface area (Å²) in [5.41, 5.74) is -0.653. The molecule has 0 unspecified atom stereocenters. The highest BCUT2D eigenvalue weighted by Crippen LogP contribution is 2.26. The number of carbonyl (C=O) groups excluding carboxylic acids is 1. The average Bonchev–Trinajstić information content (AvgIpc) is 3.07. The molecule has 2 atom stereocenters. The molecular weight excluding hydrogens is 350 g/mol. The predicted octanol–water partition coefficient (Wildman–Crippen LogP) is 1.06. The topological polar surface area (TPSA) is 99.1 Å². The zero-order chi connectivity index (χ0) is 19.6. The van der Waals surface area contributed by atoms with E-state index in [2.05, 4.69) is 19.8 Å². The number of aromatic nitrogens is 2. The maximum atomic E-state index is 12.4. The molecule has 2 aliphatic rings. The zero-order valence-corrected chi connectivity index (χ0v) is 16.0. The van der Waals surface area contributed by atoms with E-state index in [9.17, 15) is 14.7 Å². The summed E-state index contributed by atoms with van der Waals surface area (Å²) >= 11 is 0. The summed E-state index contributed by atoms with van der Waals surface area (Å²) in [6, 6.07) is 0.952. The summed E-state index contributed by atoms with van der Waals surface area (Å²) in [5, 5.41) is 9.55. The molecule has 0 saturated carbocycles. The normalized spacial score (nSPS) is 24.1. The highest BCUT2D eigenvalue weighted by Gasteiger charge is 2.44. The first kappa shape index (κ1) is 19.3. The molecule has 1 aromatic heterocycles. The number of hydrogen-bond donors (Lipinski definition) is 1. The molecule has 9 nitrogen and oxygen atoms in total. The zero-order valence-electron chi connectivity index (χ0n) is 16.0. The van der Waals surface area contributed by atoms with Crippen molar-refractivity contribution in [2.75, 3.05) is 37.6 Å². The molecule has 2 fully saturated rings. The standard InChI is InChI=1S/C18H27N5O4/c1-18(2,3)27-17(26)23-12-13(11-14(23)15(24)25)21-7-9-22(10-8-21)16-19-5-4-6-20-16/h4-6,13-14H,7-12H2,1-3H3,(H,24,25)/t13-,14-/m0/s1. The molecule has 27 heavy (non-hydrogen) atoms. The molecule has 2 saturated heterocycles. The lowest BCUT2D eigenvalue weighted by Crippen LogP contribution is -2.51. The second-order valence-electron chi connectivity index (χ2n) is 7.95. The Labute approximate surface area is 158 Å². The van der Waals surface area contributed by atoms with Gasteiger partial charge in [-0.3, -0.25) is 9.80 Å². The number of anilines is 1. The van der Waals surface area contributed by atoms with Gasteiger partial charge in [0.05, 0.1) is 0 Å². The van der Waals surface area contributed by atoms with E-state index < -0.39 is 23.7 Å². The van der Waals surface area contributed by atoms with Gasteiger partial charge >= 0.3 is 12.1 Å². The molecule has 3 rings (SSSR count). The van der Waals surface area contributed by atoms with Crippen LogP contribution in [0.15, 0.2) is 18.5 Å². The number of rotatable bonds is 3. The van der Waals surface area contributed by atoms with Crippen LogP contribution in [0, 0.1) is 0 Å². The number of piperazine rings is 1. The smallest absolute Gasteiger partial charge is 0.411 e. The second kappa shape index (κ2) is 7.67. The van der Waals surface area contributed by atoms with Crippen LogP contribution in [0.4, 0.5) is 10.7 Å². The van der Waals surface area contributed by atoms with Crippen LogP contribution in [-0.4, -0.2) is 87.3 Å². The fourth-order valence-electron chi connectivity index (χ4n) is 3.58. The first-order valence-corrected chi connectivity index (χ1v) is 9.23. The maximum absolute atomic E-state index is 12.4. The first-order chi connectivity index (χ1) is 12.7. The Bertz CT molecular complexity index is 670. The summed E-state index contributed by atoms with van der Waals surface area (Å²) in [6.45, 7) is 8.79. The summed E-state index contributed by atoms with van der Waals surface area (Å²) in [6.07, 6.45) is 3.30. The van der Waals surface area contributed by atoms with E-state index in [4.69, 9.17) is 4.74 Å². The molecule has 148 valence electrons. The lowest BCUT2D eigenvalue weighted by atomic mass is 10.1. The van der Waals surface area contributed by atoms with Crippen molar-refractivity contribution in [3.63, 3.8) is 0 Å². The van der Waals surface area contributed by atoms with Crippen LogP contribution in [0.25, 0.3) is 0 Å². The highest BCUT2D eigenvalue weighted by molar-refractivity contribution is 5.81. The van der Waals surface area contributed by atoms with Gasteiger partial charge in [-0.25, -0.2) is 19.6 Å². The third-order valence-electron chi connectivity index (χ3n) is 4.86. The Hall–Kier alpha value is -2.42. The third kappa shape index (κ3) is 4.65. The minimum atomic E-state index is -0.986. The van der Waals surface area contributed by atoms with Crippen LogP contribution in [0.1, 0.15) is 27.2 Å². The summed E-state index contributed by atoms with van der Waals surface area (Å²) in [4.78, 5) is 38.4. The van der Waals surface area contributed by atoms with Crippen molar-refractivity contribution in [2.24, 2.45) is 0 Å². The van der Waals surface area contributed by atoms with E-state index in [1.165, 1.54) is 4.90 Å². The van der Waals surface area contributed by atoms with Gasteiger partial charge in [-0.15, -0.1) is 0 Å². The lowest BCUT2D eigenvalue weighted by Gasteiger charge is -2.37. The van der Waals surface area contributed by atoms with Gasteiger partial charge in [-0.1, -0.05) is 0 Å². The second-order valence-corrected chi connectivity index (χ2v) is 7.95. The van der Waals surface area contributed by atoms with Crippen LogP contribution in [-0.2, 0) is 9.53 Å². The van der Waals surface area contributed by atoms with E-state index in [1.54, 1.807) is 39.2 Å². The molecule has 3 heterocycles. The van der Waals surface area contributed by atoms with E-state index in [0.717, 1.165) is 26.2 Å². The van der Waals surface area contributed by atoms with Gasteiger partial charge in [0.25, 0.3) is 0 Å². The molecule has 2 aliphatic heterocycles. The molecule has 0 spiro atoms. The fraction of sp³-hybridized carbons (Fsp3) is 0.667. The minimum Gasteiger partial charge on any atom is -0.480 e. The third-order valence-corrected chi connectivity index (χ3v) is 4.86. The van der Waals surface area contributed by atoms with E-state index in [-0.39, 0.29) is 6.04 Å². The van der Waals surface area contributed by atoms with Gasteiger partial charge in [0.15, 0.2) is 0 Å². The monoisotopic (exact) mass is 377 g/mol. The number of hydrogen-bond acceptors (Lipinski definition) is 7. The van der Waals surface area contributed by atoms with Gasteiger partial charge < -0.3 is 14.7 Å². The molecular formula is C18H27N5O4. The van der Waals surface area contributed by atoms with Crippen molar-refractivity contribution in [3.8, 4) is 0 Å². The molecule has 1 N–H and O–H groups in total. The van der Waals surface area contributed by atoms with Gasteiger partial charge in [-0.05, 0) is 33.3 Å². The number of amides is 1. The molecule has 0 aromatic carbocycles. The minimum absolute atomic E-state index is 0.0115. The van der Waals surface area contributed by atoms with Gasteiger partial charge in [-0.2, -0.15) is 0 Å². The van der Waals surface area contributed by atoms with Crippen molar-refractivity contribution in [1.82, 2.24) is 19.8 Å². The molecule has 0 bridgehead atoms. The number of carboxylic acid groups (broad SMARTS) is 1. The SMILES string of the molecule is CC(C)(C)OC(=O)N1C[C@@H](N2CCN(c3ncccn3)CC2)C[C@H]1C(=O)O. The largest absolute Gasteiger partial charge is 0.480 e. The number of carboxylic acids is 1. The number of carbonyl (C=O) groups is 2. The van der Waals surface area contributed by atoms with Crippen molar-refractivity contribution in [2.45, 2.75) is 44.9 Å². The summed E-state index contributed by atoms with van der Waals surface area (Å²) in [5.74, 6) is -0.276. The highest BCUT2D eigenvalue weighted by atomic mass is 16.6. The molecule has 1 amide bonds. The fourth-order valence-corrected chi connectivity index (χ4v) is 3.58. The van der Waals surface area contributed by atoms with Crippen molar-refractivity contribution in [1.29, 1.82) is 0 Å². The number of nitrogens with zero attached hydrogens (tertiary/aromatic N) is 5. The first-order valence-electron chi connectivity index (χ1n) is 9.23. The summed E-state index contributed by atoms with van der Waals surface area (Å²) in [7, 11) is 0. The molecule has 0 radical (unpaired) electrons. The number of ether oxygens (including phenoxy) is 1. The van der Waals surface area contributed by atoms with Gasteiger partial charge in [0.2, 0.25) is 5.95 Å². The van der Waals surface area contributed by atoms with Crippen molar-refractivity contribution < 1.29 is 19.4 Å². The molecule has 1 aromatic rings. The van der Waals surface area contributed by atoms with Crippen LogP contribution in [0.5, 0.6) is 0 Å². The maximum Gasteiger partial charge on any atom is 0.411 e. The van der Waals surface area contributed by atoms with Crippen LogP contribution >= 0.6 is 0 Å². The molecule has 9 heteroatoms. The Morgan fingerprint density at radius 3 is 2.33 bits per heavy atom. The number of likely N-dealkylation sites (tertiary alicyclic amines) is 1. The average molecular weight is 377 g/mol. The van der Waals surface area contributed by atoms with Crippen LogP contribution in [0.2, 0.25) is 0 Å². The van der Waals surface area contributed by atoms with E-state index in [0.29, 0.717) is 18.9 Å². The summed E-state index contributed by atoms with van der Waals surface area (Å²) < 4.78 is 5.39. The Morgan fingerprint density at radius 1 is 1.15 bits per heavy atom. The van der Waals surface area contributed by atoms with Crippen molar-refractivity contribution in [3.05, 3.63) is 18.5 Å². The quantitative estimate of drug-likeness (QED) is 0.835. The Kier molecular flexibility index (Phi) is 5.50. The Balaban J connectivity index is 1.61. The lowest BCUT2D eigenvalue weighted by molar-refractivity contribution is -0.142. The van der Waals surface area contributed by atoms with E-state index >= 15 is 0 Å². The number of aliphatic carboxylic acids is 1. The Morgan fingerprint density at radius 2 is 1.78 bits per heavy atom. The van der Waals surface area contributed by atoms with Crippen molar-refractivity contribution >= 4 is 18.0 Å². The van der Waals surface area contributed by atoms with Gasteiger partial charge in [0, 0.05) is 51.2 Å². The van der Waals surface area contributed by atoms with Crippen LogP contribution in [0.3, 0.4) is 0 Å². The molecule has 0 aliphatic carbocycles. The van der Waals surface area contributed by atoms with Gasteiger partial charge in [0.1, 0.15) is 11.6 Å². The van der Waals surface area contributed by atoms with Crippen LogP contribution < -0.4 is 4.90 Å².